The average Bonchev–Trinajstić information content (AvgIpc) is 1.69. The van der Waals surface area contributed by atoms with E-state index in [1.54, 1.807) is 0 Å². The molecule has 0 radical (unpaired) electrons. The van der Waals surface area contributed by atoms with Gasteiger partial charge in [0.2, 0.25) is 0 Å². The fraction of sp³-hybridized carbons (Fsp3) is 0.571. The maximum absolute atomic E-state index is 3.58. The van der Waals surface area contributed by atoms with Crippen molar-refractivity contribution in [2.75, 3.05) is 0 Å². The summed E-state index contributed by atoms with van der Waals surface area (Å²) >= 11 is 0. The summed E-state index contributed by atoms with van der Waals surface area (Å²) in [5.74, 6) is 0. The second-order valence-corrected chi connectivity index (χ2v) is 1.61. The zero-order valence-electron chi connectivity index (χ0n) is 5.98. The first-order valence-corrected chi connectivity index (χ1v) is 2.86. The Labute approximate surface area is 64.5 Å². The third kappa shape index (κ3) is 9.51. The second-order valence-electron chi connectivity index (χ2n) is 1.61. The molecule has 0 aromatic rings. The molecule has 0 aliphatic rings. The third-order valence-electron chi connectivity index (χ3n) is 0.891. The molecule has 0 rings (SSSR count). The van der Waals surface area contributed by atoms with Crippen LogP contribution in [0.2, 0.25) is 0 Å². The van der Waals surface area contributed by atoms with Crippen LogP contribution in [0.4, 0.5) is 0 Å². The van der Waals surface area contributed by atoms with Crippen LogP contribution in [0.5, 0.6) is 0 Å². The van der Waals surface area contributed by atoms with Gasteiger partial charge in [-0.05, 0) is 0 Å². The summed E-state index contributed by atoms with van der Waals surface area (Å²) in [5, 5.41) is 0. The fourth-order valence-corrected chi connectivity index (χ4v) is 0.440. The van der Waals surface area contributed by atoms with Crippen molar-refractivity contribution in [2.45, 2.75) is 26.2 Å². The number of rotatable bonds is 4. The topological polar surface area (TPSA) is 0 Å². The van der Waals surface area contributed by atoms with Crippen LogP contribution in [0, 0.1) is 6.42 Å². The van der Waals surface area contributed by atoms with E-state index in [1.165, 1.54) is 19.3 Å². The Kier molecular flexibility index (Phi) is 14.2. The molecule has 0 bridgehead atoms. The van der Waals surface area contributed by atoms with Crippen LogP contribution in [0.25, 0.3) is 0 Å². The molecule has 0 saturated heterocycles. The summed E-state index contributed by atoms with van der Waals surface area (Å²) in [4.78, 5) is 0. The van der Waals surface area contributed by atoms with Crippen LogP contribution < -0.4 is 18.9 Å². The zero-order chi connectivity index (χ0) is 5.54. The van der Waals surface area contributed by atoms with E-state index in [0.29, 0.717) is 0 Å². The third-order valence-corrected chi connectivity index (χ3v) is 0.891. The molecule has 0 aliphatic heterocycles. The summed E-state index contributed by atoms with van der Waals surface area (Å²) in [6.45, 7) is 5.77. The van der Waals surface area contributed by atoms with E-state index < -0.39 is 0 Å². The van der Waals surface area contributed by atoms with Gasteiger partial charge in [-0.1, -0.05) is 19.8 Å². The minimum atomic E-state index is 0. The summed E-state index contributed by atoms with van der Waals surface area (Å²) < 4.78 is 0. The molecule has 0 aromatic carbocycles. The molecule has 0 spiro atoms. The van der Waals surface area contributed by atoms with E-state index in [2.05, 4.69) is 19.9 Å². The van der Waals surface area contributed by atoms with Gasteiger partial charge >= 0.3 is 18.9 Å². The van der Waals surface area contributed by atoms with E-state index >= 15 is 0 Å². The molecule has 0 fully saturated rings. The van der Waals surface area contributed by atoms with E-state index in [0.717, 1.165) is 0 Å². The van der Waals surface area contributed by atoms with Gasteiger partial charge in [-0.25, -0.2) is 19.1 Å². The maximum Gasteiger partial charge on any atom is 1.00 e. The molecule has 0 aromatic heterocycles. The first-order chi connectivity index (χ1) is 3.41. The molecule has 0 heterocycles. The first kappa shape index (κ1) is 11.1. The summed E-state index contributed by atoms with van der Waals surface area (Å²) in [6.07, 6.45) is 7.73. The fourth-order valence-electron chi connectivity index (χ4n) is 0.440. The normalized spacial score (nSPS) is 7.12. The van der Waals surface area contributed by atoms with Gasteiger partial charge in [0, 0.05) is 0 Å². The van der Waals surface area contributed by atoms with Gasteiger partial charge in [0.05, 0.1) is 0 Å². The Bertz CT molecular complexity index is 41.7. The molecule has 0 nitrogen and oxygen atoms in total. The van der Waals surface area contributed by atoms with E-state index in [4.69, 9.17) is 0 Å². The zero-order valence-corrected chi connectivity index (χ0v) is 5.98. The van der Waals surface area contributed by atoms with Crippen molar-refractivity contribution < 1.29 is 18.9 Å². The van der Waals surface area contributed by atoms with Gasteiger partial charge in [0.1, 0.15) is 0 Å². The maximum atomic E-state index is 3.58. The molecule has 42 valence electrons. The van der Waals surface area contributed by atoms with E-state index in [9.17, 15) is 0 Å². The molecular weight excluding hydrogens is 91.0 g/mol. The number of allylic oxidation sites excluding steroid dienone is 1. The van der Waals surface area contributed by atoms with E-state index in [1.807, 2.05) is 6.08 Å². The van der Waals surface area contributed by atoms with Crippen LogP contribution in [0.15, 0.2) is 12.7 Å². The van der Waals surface area contributed by atoms with Crippen LogP contribution in [-0.4, -0.2) is 0 Å². The molecule has 0 N–H and O–H groups in total. The van der Waals surface area contributed by atoms with Crippen molar-refractivity contribution in [3.63, 3.8) is 0 Å². The van der Waals surface area contributed by atoms with E-state index in [-0.39, 0.29) is 18.9 Å². The minimum absolute atomic E-state index is 0. The Hall–Kier alpha value is 0.207. The van der Waals surface area contributed by atoms with Gasteiger partial charge in [-0.2, -0.15) is 0 Å². The molecule has 0 atom stereocenters. The van der Waals surface area contributed by atoms with Crippen molar-refractivity contribution in [2.24, 2.45) is 0 Å². The monoisotopic (exact) mass is 104 g/mol. The van der Waals surface area contributed by atoms with Crippen molar-refractivity contribution in [1.29, 1.82) is 0 Å². The SMILES string of the molecule is C=C[CH-]CCCC.[Li+]. The van der Waals surface area contributed by atoms with Gasteiger partial charge in [-0.15, -0.1) is 6.42 Å². The van der Waals surface area contributed by atoms with Crippen molar-refractivity contribution >= 4 is 0 Å². The minimum Gasteiger partial charge on any atom is -0.245 e. The summed E-state index contributed by atoms with van der Waals surface area (Å²) in [6, 6.07) is 0. The van der Waals surface area contributed by atoms with Crippen LogP contribution in [0.3, 0.4) is 0 Å². The number of hydrogen-bond donors (Lipinski definition) is 0. The van der Waals surface area contributed by atoms with Gasteiger partial charge < -0.3 is 0 Å². The molecular formula is C7H13Li. The first-order valence-electron chi connectivity index (χ1n) is 2.86. The molecule has 0 amide bonds. The Morgan fingerprint density at radius 3 is 2.62 bits per heavy atom. The standard InChI is InChI=1S/C7H13.Li/c1-3-5-7-6-4-2;/h3,5H,1,4,6-7H2,2H3;/q-1;+1. The van der Waals surface area contributed by atoms with Crippen LogP contribution in [-0.2, 0) is 0 Å². The van der Waals surface area contributed by atoms with Gasteiger partial charge in [0.15, 0.2) is 0 Å². The largest absolute Gasteiger partial charge is 1.00 e. The second kappa shape index (κ2) is 10.2. The van der Waals surface area contributed by atoms with Crippen molar-refractivity contribution in [3.8, 4) is 0 Å². The van der Waals surface area contributed by atoms with Crippen LogP contribution in [0.1, 0.15) is 26.2 Å². The molecule has 1 heteroatoms. The smallest absolute Gasteiger partial charge is 0.245 e. The molecule has 8 heavy (non-hydrogen) atoms. The van der Waals surface area contributed by atoms with Crippen molar-refractivity contribution in [1.82, 2.24) is 0 Å². The van der Waals surface area contributed by atoms with Crippen molar-refractivity contribution in [3.05, 3.63) is 19.1 Å². The number of unbranched alkanes of at least 4 members (excludes halogenated alkanes) is 3. The molecule has 0 saturated carbocycles. The molecule has 0 aliphatic carbocycles. The number of hydrogen-bond acceptors (Lipinski definition) is 0. The van der Waals surface area contributed by atoms with Gasteiger partial charge in [-0.3, -0.25) is 0 Å². The Morgan fingerprint density at radius 1 is 1.62 bits per heavy atom. The van der Waals surface area contributed by atoms with Crippen LogP contribution >= 0.6 is 0 Å². The predicted molar refractivity (Wildman–Crippen MR) is 34.0 cm³/mol. The quantitative estimate of drug-likeness (QED) is 0.258. The average molecular weight is 104 g/mol. The Balaban J connectivity index is 0. The summed E-state index contributed by atoms with van der Waals surface area (Å²) in [7, 11) is 0. The molecule has 0 unspecified atom stereocenters. The summed E-state index contributed by atoms with van der Waals surface area (Å²) in [5.41, 5.74) is 0. The predicted octanol–water partition coefficient (Wildman–Crippen LogP) is -0.429. The Morgan fingerprint density at radius 2 is 2.25 bits per heavy atom. The van der Waals surface area contributed by atoms with Gasteiger partial charge in [0.25, 0.3) is 0 Å².